The average Bonchev–Trinajstić information content (AvgIpc) is 2.91. The van der Waals surface area contributed by atoms with Crippen molar-refractivity contribution < 1.29 is 14.4 Å². The second kappa shape index (κ2) is 7.11. The molecular weight excluding hydrogens is 354 g/mol. The van der Waals surface area contributed by atoms with Crippen LogP contribution in [-0.2, 0) is 11.3 Å². The summed E-state index contributed by atoms with van der Waals surface area (Å²) < 4.78 is 0. The van der Waals surface area contributed by atoms with Crippen molar-refractivity contribution in [1.82, 2.24) is 14.7 Å². The molecule has 0 N–H and O–H groups in total. The summed E-state index contributed by atoms with van der Waals surface area (Å²) in [4.78, 5) is 43.2. The number of hydrogen-bond donors (Lipinski definition) is 0. The predicted octanol–water partition coefficient (Wildman–Crippen LogP) is 2.76. The molecule has 2 aromatic rings. The zero-order valence-electron chi connectivity index (χ0n) is 15.9. The molecule has 0 unspecified atom stereocenters. The molecule has 0 atom stereocenters. The van der Waals surface area contributed by atoms with Crippen LogP contribution in [0.4, 0.5) is 4.79 Å². The first-order valence-electron chi connectivity index (χ1n) is 9.51. The number of likely N-dealkylation sites (N-methyl/N-ethyl adjacent to an activating group) is 1. The molecule has 0 aromatic heterocycles. The minimum absolute atomic E-state index is 0.0322. The van der Waals surface area contributed by atoms with Gasteiger partial charge in [0.15, 0.2) is 0 Å². The zero-order chi connectivity index (χ0) is 19.7. The monoisotopic (exact) mass is 377 g/mol. The highest BCUT2D eigenvalue weighted by Gasteiger charge is 2.57. The van der Waals surface area contributed by atoms with Crippen molar-refractivity contribution in [2.24, 2.45) is 0 Å². The third-order valence-electron chi connectivity index (χ3n) is 5.82. The van der Waals surface area contributed by atoms with Crippen LogP contribution in [0.1, 0.15) is 28.8 Å². The minimum atomic E-state index is -0.866. The average molecular weight is 377 g/mol. The summed E-state index contributed by atoms with van der Waals surface area (Å²) in [5.74, 6) is -0.199. The summed E-state index contributed by atoms with van der Waals surface area (Å²) in [6.45, 7) is 1.29. The highest BCUT2D eigenvalue weighted by atomic mass is 16.2. The summed E-state index contributed by atoms with van der Waals surface area (Å²) in [5.41, 5.74) is 0.765. The van der Waals surface area contributed by atoms with Crippen molar-refractivity contribution in [3.63, 3.8) is 0 Å². The molecule has 0 bridgehead atoms. The third kappa shape index (κ3) is 2.95. The number of amides is 4. The van der Waals surface area contributed by atoms with Crippen molar-refractivity contribution in [2.45, 2.75) is 24.9 Å². The molecule has 2 aliphatic rings. The maximum Gasteiger partial charge on any atom is 0.327 e. The molecule has 6 heteroatoms. The van der Waals surface area contributed by atoms with E-state index in [1.807, 2.05) is 48.5 Å². The number of carbonyl (C=O) groups excluding carboxylic acids is 3. The summed E-state index contributed by atoms with van der Waals surface area (Å²) in [6.07, 6.45) is 0.903. The number of likely N-dealkylation sites (tertiary alicyclic amines) is 1. The molecule has 0 aliphatic carbocycles. The van der Waals surface area contributed by atoms with E-state index in [9.17, 15) is 14.4 Å². The lowest BCUT2D eigenvalue weighted by Crippen LogP contribution is -2.57. The molecule has 2 aromatic carbocycles. The lowest BCUT2D eigenvalue weighted by atomic mass is 9.85. The van der Waals surface area contributed by atoms with E-state index in [0.717, 1.165) is 5.56 Å². The van der Waals surface area contributed by atoms with Crippen LogP contribution < -0.4 is 0 Å². The number of hydrogen-bond acceptors (Lipinski definition) is 3. The smallest absolute Gasteiger partial charge is 0.327 e. The number of imide groups is 1. The van der Waals surface area contributed by atoms with E-state index in [-0.39, 0.29) is 17.8 Å². The molecular formula is C22H23N3O3. The maximum absolute atomic E-state index is 13.0. The molecule has 2 aliphatic heterocycles. The van der Waals surface area contributed by atoms with Gasteiger partial charge in [-0.05, 0) is 30.5 Å². The van der Waals surface area contributed by atoms with E-state index in [0.29, 0.717) is 38.0 Å². The van der Waals surface area contributed by atoms with Gasteiger partial charge >= 0.3 is 6.03 Å². The SMILES string of the molecule is CN1C(=O)N(Cc2ccccc2)C2(CCN(C(=O)c3ccccc3)CC2)C1=O. The van der Waals surface area contributed by atoms with Gasteiger partial charge in [0, 0.05) is 32.2 Å². The molecule has 2 heterocycles. The topological polar surface area (TPSA) is 60.9 Å². The lowest BCUT2D eigenvalue weighted by Gasteiger charge is -2.42. The fourth-order valence-corrected chi connectivity index (χ4v) is 4.19. The van der Waals surface area contributed by atoms with Gasteiger partial charge in [-0.1, -0.05) is 48.5 Å². The van der Waals surface area contributed by atoms with Crippen molar-refractivity contribution in [3.05, 3.63) is 71.8 Å². The van der Waals surface area contributed by atoms with Gasteiger partial charge < -0.3 is 9.80 Å². The lowest BCUT2D eigenvalue weighted by molar-refractivity contribution is -0.134. The van der Waals surface area contributed by atoms with Crippen molar-refractivity contribution in [3.8, 4) is 0 Å². The quantitative estimate of drug-likeness (QED) is 0.773. The van der Waals surface area contributed by atoms with Crippen LogP contribution in [0, 0.1) is 0 Å². The van der Waals surface area contributed by atoms with Crippen LogP contribution in [0.2, 0.25) is 0 Å². The number of piperidine rings is 1. The molecule has 2 fully saturated rings. The zero-order valence-corrected chi connectivity index (χ0v) is 15.9. The van der Waals surface area contributed by atoms with E-state index in [1.165, 1.54) is 4.90 Å². The molecule has 28 heavy (non-hydrogen) atoms. The Hall–Kier alpha value is -3.15. The molecule has 4 rings (SSSR count). The van der Waals surface area contributed by atoms with Crippen molar-refractivity contribution in [1.29, 1.82) is 0 Å². The van der Waals surface area contributed by atoms with E-state index >= 15 is 0 Å². The van der Waals surface area contributed by atoms with Crippen molar-refractivity contribution in [2.75, 3.05) is 20.1 Å². The Morgan fingerprint density at radius 1 is 0.929 bits per heavy atom. The van der Waals surface area contributed by atoms with Gasteiger partial charge in [-0.2, -0.15) is 0 Å². The Morgan fingerprint density at radius 3 is 2.11 bits per heavy atom. The summed E-state index contributed by atoms with van der Waals surface area (Å²) in [6, 6.07) is 18.6. The highest BCUT2D eigenvalue weighted by molar-refractivity contribution is 6.07. The van der Waals surface area contributed by atoms with E-state index < -0.39 is 5.54 Å². The normalized spacial score (nSPS) is 18.8. The molecule has 1 spiro atoms. The largest absolute Gasteiger partial charge is 0.338 e. The van der Waals surface area contributed by atoms with Gasteiger partial charge in [-0.25, -0.2) is 4.79 Å². The number of urea groups is 1. The van der Waals surface area contributed by atoms with Crippen LogP contribution >= 0.6 is 0 Å². The predicted molar refractivity (Wildman–Crippen MR) is 104 cm³/mol. The van der Waals surface area contributed by atoms with Gasteiger partial charge in [-0.3, -0.25) is 14.5 Å². The third-order valence-corrected chi connectivity index (χ3v) is 5.82. The summed E-state index contributed by atoms with van der Waals surface area (Å²) >= 11 is 0. The Kier molecular flexibility index (Phi) is 4.63. The van der Waals surface area contributed by atoms with Gasteiger partial charge in [0.1, 0.15) is 5.54 Å². The van der Waals surface area contributed by atoms with Crippen LogP contribution in [0.5, 0.6) is 0 Å². The van der Waals surface area contributed by atoms with Gasteiger partial charge in [0.2, 0.25) is 0 Å². The molecule has 6 nitrogen and oxygen atoms in total. The number of rotatable bonds is 3. The number of nitrogens with zero attached hydrogens (tertiary/aromatic N) is 3. The van der Waals surface area contributed by atoms with Gasteiger partial charge in [-0.15, -0.1) is 0 Å². The Labute approximate surface area is 164 Å². The Bertz CT molecular complexity index is 890. The number of carbonyl (C=O) groups is 3. The standard InChI is InChI=1S/C22H23N3O3/c1-23-20(27)22(25(21(23)28)16-17-8-4-2-5-9-17)12-14-24(15-13-22)19(26)18-10-6-3-7-11-18/h2-11H,12-16H2,1H3. The molecule has 0 radical (unpaired) electrons. The first-order valence-corrected chi connectivity index (χ1v) is 9.51. The van der Waals surface area contributed by atoms with Crippen LogP contribution in [0.25, 0.3) is 0 Å². The molecule has 4 amide bonds. The number of benzene rings is 2. The highest BCUT2D eigenvalue weighted by Crippen LogP contribution is 2.38. The fraction of sp³-hybridized carbons (Fsp3) is 0.318. The maximum atomic E-state index is 13.0. The fourth-order valence-electron chi connectivity index (χ4n) is 4.19. The van der Waals surface area contributed by atoms with Crippen LogP contribution in [-0.4, -0.2) is 58.2 Å². The van der Waals surface area contributed by atoms with E-state index in [1.54, 1.807) is 29.0 Å². The van der Waals surface area contributed by atoms with Crippen LogP contribution in [0.15, 0.2) is 60.7 Å². The van der Waals surface area contributed by atoms with Crippen molar-refractivity contribution >= 4 is 17.8 Å². The van der Waals surface area contributed by atoms with E-state index in [4.69, 9.17) is 0 Å². The second-order valence-electron chi connectivity index (χ2n) is 7.41. The first-order chi connectivity index (χ1) is 13.5. The molecule has 0 saturated carbocycles. The van der Waals surface area contributed by atoms with Gasteiger partial charge in [0.25, 0.3) is 11.8 Å². The van der Waals surface area contributed by atoms with E-state index in [2.05, 4.69) is 0 Å². The Morgan fingerprint density at radius 2 is 1.50 bits per heavy atom. The summed E-state index contributed by atoms with van der Waals surface area (Å²) in [7, 11) is 1.54. The summed E-state index contributed by atoms with van der Waals surface area (Å²) in [5, 5.41) is 0. The van der Waals surface area contributed by atoms with Gasteiger partial charge in [0.05, 0.1) is 0 Å². The molecule has 144 valence electrons. The minimum Gasteiger partial charge on any atom is -0.338 e. The molecule has 2 saturated heterocycles. The van der Waals surface area contributed by atoms with Crippen LogP contribution in [0.3, 0.4) is 0 Å². The second-order valence-corrected chi connectivity index (χ2v) is 7.41. The first kappa shape index (κ1) is 18.2. The Balaban J connectivity index is 1.55.